The maximum absolute atomic E-state index is 12.0. The van der Waals surface area contributed by atoms with Gasteiger partial charge >= 0.3 is 0 Å². The summed E-state index contributed by atoms with van der Waals surface area (Å²) < 4.78 is 5.89. The largest absolute Gasteiger partial charge is 0.497 e. The fourth-order valence-electron chi connectivity index (χ4n) is 1.46. The highest BCUT2D eigenvalue weighted by molar-refractivity contribution is 9.10. The molecule has 0 spiro atoms. The van der Waals surface area contributed by atoms with Crippen LogP contribution in [0, 0.1) is 0 Å². The Morgan fingerprint density at radius 2 is 2.19 bits per heavy atom. The molecule has 1 amide bonds. The predicted octanol–water partition coefficient (Wildman–Crippen LogP) is 2.74. The fourth-order valence-corrected chi connectivity index (χ4v) is 1.89. The van der Waals surface area contributed by atoms with Gasteiger partial charge in [0.1, 0.15) is 5.75 Å². The Hall–Kier alpha value is -1.03. The van der Waals surface area contributed by atoms with Gasteiger partial charge in [-0.3, -0.25) is 4.79 Å². The minimum Gasteiger partial charge on any atom is -0.497 e. The van der Waals surface area contributed by atoms with Crippen LogP contribution in [0.25, 0.3) is 0 Å². The molecule has 0 heterocycles. The van der Waals surface area contributed by atoms with E-state index < -0.39 is 0 Å². The third kappa shape index (κ3) is 2.38. The molecule has 0 unspecified atom stereocenters. The molecule has 0 atom stereocenters. The first kappa shape index (κ1) is 11.5. The number of benzene rings is 1. The van der Waals surface area contributed by atoms with Gasteiger partial charge < -0.3 is 10.1 Å². The van der Waals surface area contributed by atoms with Gasteiger partial charge in [0.15, 0.2) is 0 Å². The first-order valence-electron chi connectivity index (χ1n) is 5.20. The molecule has 1 aromatic rings. The van der Waals surface area contributed by atoms with Gasteiger partial charge in [-0.15, -0.1) is 0 Å². The quantitative estimate of drug-likeness (QED) is 0.926. The molecule has 1 aromatic carbocycles. The van der Waals surface area contributed by atoms with Crippen LogP contribution < -0.4 is 10.1 Å². The van der Waals surface area contributed by atoms with E-state index in [0.29, 0.717) is 11.3 Å². The van der Waals surface area contributed by atoms with E-state index in [1.54, 1.807) is 13.2 Å². The summed E-state index contributed by atoms with van der Waals surface area (Å²) in [5.74, 6) is 0.639. The van der Waals surface area contributed by atoms with E-state index in [9.17, 15) is 4.79 Å². The van der Waals surface area contributed by atoms with E-state index in [1.807, 2.05) is 12.1 Å². The van der Waals surface area contributed by atoms with Crippen LogP contribution in [0.5, 0.6) is 5.75 Å². The number of methoxy groups -OCH3 is 1. The van der Waals surface area contributed by atoms with Crippen LogP contribution in [0.4, 0.5) is 0 Å². The summed E-state index contributed by atoms with van der Waals surface area (Å²) in [4.78, 5) is 12.0. The number of rotatable bonds is 3. The summed E-state index contributed by atoms with van der Waals surface area (Å²) in [6, 6.07) is 5.38. The Balaban J connectivity index is 2.21. The van der Waals surface area contributed by atoms with Crippen molar-refractivity contribution in [3.8, 4) is 5.75 Å². The Labute approximate surface area is 103 Å². The molecular weight excluding hydrogens is 270 g/mol. The highest BCUT2D eigenvalue weighted by Gasteiger charge is 2.39. The van der Waals surface area contributed by atoms with Crippen molar-refractivity contribution in [1.29, 1.82) is 0 Å². The summed E-state index contributed by atoms with van der Waals surface area (Å²) in [6.07, 6.45) is 2.11. The van der Waals surface area contributed by atoms with E-state index in [2.05, 4.69) is 28.2 Å². The van der Waals surface area contributed by atoms with E-state index in [-0.39, 0.29) is 11.4 Å². The first-order valence-corrected chi connectivity index (χ1v) is 5.99. The molecule has 1 aliphatic rings. The zero-order valence-corrected chi connectivity index (χ0v) is 10.9. The van der Waals surface area contributed by atoms with Crippen molar-refractivity contribution < 1.29 is 9.53 Å². The molecule has 0 aliphatic heterocycles. The van der Waals surface area contributed by atoms with Crippen LogP contribution in [0.1, 0.15) is 30.1 Å². The minimum absolute atomic E-state index is 0.000397. The summed E-state index contributed by atoms with van der Waals surface area (Å²) in [5.41, 5.74) is 0.618. The van der Waals surface area contributed by atoms with Crippen molar-refractivity contribution in [1.82, 2.24) is 5.32 Å². The van der Waals surface area contributed by atoms with Crippen LogP contribution in [-0.4, -0.2) is 18.6 Å². The topological polar surface area (TPSA) is 38.3 Å². The number of carbonyl (C=O) groups is 1. The Morgan fingerprint density at radius 1 is 1.50 bits per heavy atom. The lowest BCUT2D eigenvalue weighted by molar-refractivity contribution is 0.0934. The number of nitrogens with one attached hydrogen (secondary N) is 1. The van der Waals surface area contributed by atoms with Gasteiger partial charge in [-0.05, 0) is 53.9 Å². The second-order valence-electron chi connectivity index (χ2n) is 4.36. The molecule has 1 aliphatic carbocycles. The van der Waals surface area contributed by atoms with Crippen molar-refractivity contribution in [3.05, 3.63) is 28.2 Å². The van der Waals surface area contributed by atoms with Crippen molar-refractivity contribution in [3.63, 3.8) is 0 Å². The molecule has 16 heavy (non-hydrogen) atoms. The fraction of sp³-hybridized carbons (Fsp3) is 0.417. The maximum atomic E-state index is 12.0. The Bertz CT molecular complexity index is 427. The van der Waals surface area contributed by atoms with E-state index in [0.717, 1.165) is 17.3 Å². The lowest BCUT2D eigenvalue weighted by Crippen LogP contribution is -2.34. The van der Waals surface area contributed by atoms with Gasteiger partial charge in [0.25, 0.3) is 5.91 Å². The summed E-state index contributed by atoms with van der Waals surface area (Å²) in [7, 11) is 1.59. The number of carbonyl (C=O) groups excluding carboxylic acids is 1. The van der Waals surface area contributed by atoms with Crippen molar-refractivity contribution in [2.45, 2.75) is 25.3 Å². The maximum Gasteiger partial charge on any atom is 0.252 e. The average Bonchev–Trinajstić information content (AvgIpc) is 2.96. The van der Waals surface area contributed by atoms with E-state index in [4.69, 9.17) is 4.74 Å². The number of hydrogen-bond donors (Lipinski definition) is 1. The van der Waals surface area contributed by atoms with Gasteiger partial charge in [0.2, 0.25) is 0 Å². The molecule has 2 rings (SSSR count). The lowest BCUT2D eigenvalue weighted by atomic mass is 10.2. The summed E-state index contributed by atoms with van der Waals surface area (Å²) in [5, 5.41) is 3.01. The second kappa shape index (κ2) is 4.09. The smallest absolute Gasteiger partial charge is 0.252 e. The standard InChI is InChI=1S/C12H14BrNO2/c1-12(5-6-12)14-11(15)9-7-8(16-2)3-4-10(9)13/h3-4,7H,5-6H2,1-2H3,(H,14,15). The molecule has 1 saturated carbocycles. The van der Waals surface area contributed by atoms with Gasteiger partial charge in [0, 0.05) is 10.0 Å². The molecule has 1 N–H and O–H groups in total. The van der Waals surface area contributed by atoms with Crippen LogP contribution in [0.3, 0.4) is 0 Å². The number of halogens is 1. The highest BCUT2D eigenvalue weighted by atomic mass is 79.9. The predicted molar refractivity (Wildman–Crippen MR) is 65.8 cm³/mol. The lowest BCUT2D eigenvalue weighted by Gasteiger charge is -2.13. The number of ether oxygens (including phenoxy) is 1. The van der Waals surface area contributed by atoms with E-state index >= 15 is 0 Å². The minimum atomic E-state index is -0.0502. The Morgan fingerprint density at radius 3 is 2.75 bits per heavy atom. The third-order valence-corrected chi connectivity index (χ3v) is 3.52. The summed E-state index contributed by atoms with van der Waals surface area (Å²) >= 11 is 3.37. The monoisotopic (exact) mass is 283 g/mol. The third-order valence-electron chi connectivity index (χ3n) is 2.83. The molecule has 0 radical (unpaired) electrons. The van der Waals surface area contributed by atoms with Crippen LogP contribution in [0.2, 0.25) is 0 Å². The van der Waals surface area contributed by atoms with Crippen molar-refractivity contribution >= 4 is 21.8 Å². The van der Waals surface area contributed by atoms with Crippen molar-refractivity contribution in [2.75, 3.05) is 7.11 Å². The van der Waals surface area contributed by atoms with Gasteiger partial charge in [0.05, 0.1) is 12.7 Å². The molecule has 0 saturated heterocycles. The van der Waals surface area contributed by atoms with Gasteiger partial charge in [-0.1, -0.05) is 0 Å². The van der Waals surface area contributed by atoms with Crippen LogP contribution >= 0.6 is 15.9 Å². The zero-order valence-electron chi connectivity index (χ0n) is 9.34. The summed E-state index contributed by atoms with van der Waals surface area (Å²) in [6.45, 7) is 2.05. The molecule has 3 nitrogen and oxygen atoms in total. The van der Waals surface area contributed by atoms with Crippen LogP contribution in [-0.2, 0) is 0 Å². The average molecular weight is 284 g/mol. The molecule has 1 fully saturated rings. The normalized spacial score (nSPS) is 16.7. The molecular formula is C12H14BrNO2. The number of amides is 1. The van der Waals surface area contributed by atoms with Crippen molar-refractivity contribution in [2.24, 2.45) is 0 Å². The number of hydrogen-bond acceptors (Lipinski definition) is 2. The Kier molecular flexibility index (Phi) is 2.93. The SMILES string of the molecule is COc1ccc(Br)c(C(=O)NC2(C)CC2)c1. The molecule has 0 aromatic heterocycles. The molecule has 4 heteroatoms. The van der Waals surface area contributed by atoms with Crippen LogP contribution in [0.15, 0.2) is 22.7 Å². The molecule has 86 valence electrons. The zero-order chi connectivity index (χ0) is 11.8. The highest BCUT2D eigenvalue weighted by Crippen LogP contribution is 2.35. The van der Waals surface area contributed by atoms with E-state index in [1.165, 1.54) is 0 Å². The van der Waals surface area contributed by atoms with Gasteiger partial charge in [-0.2, -0.15) is 0 Å². The molecule has 0 bridgehead atoms. The van der Waals surface area contributed by atoms with Gasteiger partial charge in [-0.25, -0.2) is 0 Å². The first-order chi connectivity index (χ1) is 7.54. The second-order valence-corrected chi connectivity index (χ2v) is 5.21.